The van der Waals surface area contributed by atoms with Gasteiger partial charge < -0.3 is 0 Å². The number of fused-ring (bicyclic) bond motifs is 1. The Bertz CT molecular complexity index is 985. The van der Waals surface area contributed by atoms with E-state index < -0.39 is 0 Å². The molecule has 4 aliphatic heterocycles. The fourth-order valence-electron chi connectivity index (χ4n) is 4.94. The molecule has 1 aromatic carbocycles. The third-order valence-electron chi connectivity index (χ3n) is 6.63. The summed E-state index contributed by atoms with van der Waals surface area (Å²) in [5.74, 6) is -0.535. The van der Waals surface area contributed by atoms with Crippen LogP contribution < -0.4 is 4.90 Å². The Kier molecular flexibility index (Phi) is 6.42. The summed E-state index contributed by atoms with van der Waals surface area (Å²) in [6.45, 7) is 4.54. The first-order valence-corrected chi connectivity index (χ1v) is 13.0. The standard InChI is InChI=1S/C23H27BrN4O3S/c24-16-7-8-18-17(13-16)19(21(29)27(18)14-25-9-3-1-4-10-25)20-22(30)28(23(31)32-20)15-26-11-5-2-6-12-26/h7-8,13H,1-6,9-12,14-15H2/b20-19-. The quantitative estimate of drug-likeness (QED) is 0.559. The molecular formula is C23H27BrN4O3S. The van der Waals surface area contributed by atoms with Crippen molar-refractivity contribution in [1.29, 1.82) is 0 Å². The van der Waals surface area contributed by atoms with Crippen LogP contribution in [0.3, 0.4) is 0 Å². The molecule has 0 spiro atoms. The van der Waals surface area contributed by atoms with E-state index in [0.29, 0.717) is 18.9 Å². The molecule has 3 fully saturated rings. The van der Waals surface area contributed by atoms with Crippen LogP contribution in [0.25, 0.3) is 5.57 Å². The lowest BCUT2D eigenvalue weighted by Gasteiger charge is -2.31. The van der Waals surface area contributed by atoms with Crippen LogP contribution in [0.15, 0.2) is 27.6 Å². The van der Waals surface area contributed by atoms with Crippen molar-refractivity contribution in [3.05, 3.63) is 33.1 Å². The summed E-state index contributed by atoms with van der Waals surface area (Å²) in [6, 6.07) is 5.73. The summed E-state index contributed by atoms with van der Waals surface area (Å²) >= 11 is 4.41. The average Bonchev–Trinajstić information content (AvgIpc) is 3.22. The Morgan fingerprint density at radius 3 is 2.00 bits per heavy atom. The Balaban J connectivity index is 1.46. The van der Waals surface area contributed by atoms with E-state index in [0.717, 1.165) is 79.3 Å². The highest BCUT2D eigenvalue weighted by atomic mass is 79.9. The van der Waals surface area contributed by atoms with Gasteiger partial charge in [-0.3, -0.25) is 34.0 Å². The number of amides is 3. The van der Waals surface area contributed by atoms with Crippen LogP contribution in [0.1, 0.15) is 44.1 Å². The number of hydrogen-bond donors (Lipinski definition) is 0. The second-order valence-corrected chi connectivity index (χ2v) is 10.7. The molecule has 3 amide bonds. The third-order valence-corrected chi connectivity index (χ3v) is 8.11. The molecule has 0 aliphatic carbocycles. The molecule has 0 radical (unpaired) electrons. The van der Waals surface area contributed by atoms with Gasteiger partial charge in [-0.1, -0.05) is 28.8 Å². The summed E-state index contributed by atoms with van der Waals surface area (Å²) < 4.78 is 0.842. The van der Waals surface area contributed by atoms with Gasteiger partial charge in [0.15, 0.2) is 0 Å². The van der Waals surface area contributed by atoms with E-state index in [-0.39, 0.29) is 22.0 Å². The fraction of sp³-hybridized carbons (Fsp3) is 0.522. The van der Waals surface area contributed by atoms with E-state index in [9.17, 15) is 14.4 Å². The zero-order valence-corrected chi connectivity index (χ0v) is 20.4. The number of nitrogens with zero attached hydrogens (tertiary/aromatic N) is 4. The van der Waals surface area contributed by atoms with Crippen LogP contribution in [-0.2, 0) is 9.59 Å². The van der Waals surface area contributed by atoms with Gasteiger partial charge in [0.05, 0.1) is 29.5 Å². The predicted molar refractivity (Wildman–Crippen MR) is 129 cm³/mol. The summed E-state index contributed by atoms with van der Waals surface area (Å²) in [7, 11) is 0. The van der Waals surface area contributed by atoms with Crippen molar-refractivity contribution in [2.75, 3.05) is 44.4 Å². The molecule has 0 bridgehead atoms. The lowest BCUT2D eigenvalue weighted by atomic mass is 10.1. The number of hydrogen-bond acceptors (Lipinski definition) is 6. The van der Waals surface area contributed by atoms with Crippen LogP contribution in [0.5, 0.6) is 0 Å². The molecule has 170 valence electrons. The lowest BCUT2D eigenvalue weighted by molar-refractivity contribution is -0.124. The number of benzene rings is 1. The molecule has 9 heteroatoms. The zero-order valence-electron chi connectivity index (χ0n) is 18.0. The second kappa shape index (κ2) is 9.29. The minimum Gasteiger partial charge on any atom is -0.294 e. The number of carbonyl (C=O) groups excluding carboxylic acids is 3. The van der Waals surface area contributed by atoms with Crippen LogP contribution in [-0.4, -0.2) is 71.3 Å². The van der Waals surface area contributed by atoms with Gasteiger partial charge in [-0.15, -0.1) is 0 Å². The molecule has 1 aromatic rings. The highest BCUT2D eigenvalue weighted by molar-refractivity contribution is 9.10. The van der Waals surface area contributed by atoms with Crippen molar-refractivity contribution in [2.45, 2.75) is 38.5 Å². The number of carbonyl (C=O) groups is 3. The van der Waals surface area contributed by atoms with Gasteiger partial charge in [0, 0.05) is 10.0 Å². The Labute approximate surface area is 200 Å². The first kappa shape index (κ1) is 22.1. The molecule has 0 saturated carbocycles. The van der Waals surface area contributed by atoms with Crippen molar-refractivity contribution in [3.8, 4) is 0 Å². The van der Waals surface area contributed by atoms with Crippen molar-refractivity contribution >= 4 is 56.0 Å². The van der Waals surface area contributed by atoms with Crippen molar-refractivity contribution in [1.82, 2.24) is 14.7 Å². The molecule has 7 nitrogen and oxygen atoms in total. The average molecular weight is 519 g/mol. The Hall–Kier alpha value is -1.68. The van der Waals surface area contributed by atoms with E-state index >= 15 is 0 Å². The molecule has 4 aliphatic rings. The predicted octanol–water partition coefficient (Wildman–Crippen LogP) is 4.09. The van der Waals surface area contributed by atoms with Crippen molar-refractivity contribution < 1.29 is 14.4 Å². The minimum absolute atomic E-state index is 0.188. The molecule has 0 atom stereocenters. The maximum absolute atomic E-state index is 13.6. The largest absolute Gasteiger partial charge is 0.294 e. The van der Waals surface area contributed by atoms with Crippen molar-refractivity contribution in [2.24, 2.45) is 0 Å². The summed E-state index contributed by atoms with van der Waals surface area (Å²) in [5, 5.41) is -0.290. The number of halogens is 1. The normalized spacial score (nSPS) is 25.2. The van der Waals surface area contributed by atoms with E-state index in [1.807, 2.05) is 18.2 Å². The SMILES string of the molecule is O=C1S/C(=C2\C(=O)N(CN3CCCCC3)c3ccc(Br)cc32)C(=O)N1CN1CCCCC1. The lowest BCUT2D eigenvalue weighted by Crippen LogP contribution is -2.43. The van der Waals surface area contributed by atoms with Crippen LogP contribution in [0, 0.1) is 0 Å². The van der Waals surface area contributed by atoms with Gasteiger partial charge in [0.2, 0.25) is 0 Å². The number of imide groups is 1. The topological polar surface area (TPSA) is 64.2 Å². The maximum atomic E-state index is 13.6. The molecule has 32 heavy (non-hydrogen) atoms. The highest BCUT2D eigenvalue weighted by Crippen LogP contribution is 2.45. The van der Waals surface area contributed by atoms with E-state index in [4.69, 9.17) is 0 Å². The van der Waals surface area contributed by atoms with Gasteiger partial charge in [-0.05, 0) is 81.8 Å². The number of likely N-dealkylation sites (tertiary alicyclic amines) is 2. The summed E-state index contributed by atoms with van der Waals surface area (Å²) in [6.07, 6.45) is 6.86. The number of piperidine rings is 2. The van der Waals surface area contributed by atoms with Crippen LogP contribution >= 0.6 is 27.7 Å². The molecule has 4 heterocycles. The first-order chi connectivity index (χ1) is 15.5. The van der Waals surface area contributed by atoms with Crippen LogP contribution in [0.4, 0.5) is 10.5 Å². The fourth-order valence-corrected chi connectivity index (χ4v) is 6.22. The third kappa shape index (κ3) is 4.16. The zero-order chi connectivity index (χ0) is 22.2. The molecule has 3 saturated heterocycles. The minimum atomic E-state index is -0.348. The van der Waals surface area contributed by atoms with Gasteiger partial charge in [0.1, 0.15) is 0 Å². The number of anilines is 1. The van der Waals surface area contributed by atoms with Crippen molar-refractivity contribution in [3.63, 3.8) is 0 Å². The molecular weight excluding hydrogens is 492 g/mol. The van der Waals surface area contributed by atoms with E-state index in [1.54, 1.807) is 4.90 Å². The second-order valence-electron chi connectivity index (χ2n) is 8.84. The van der Waals surface area contributed by atoms with Crippen LogP contribution in [0.2, 0.25) is 0 Å². The number of thioether (sulfide) groups is 1. The Morgan fingerprint density at radius 1 is 0.781 bits per heavy atom. The monoisotopic (exact) mass is 518 g/mol. The van der Waals surface area contributed by atoms with Gasteiger partial charge >= 0.3 is 0 Å². The smallest absolute Gasteiger partial charge is 0.294 e. The molecule has 0 N–H and O–H groups in total. The number of rotatable bonds is 4. The van der Waals surface area contributed by atoms with E-state index in [2.05, 4.69) is 25.7 Å². The molecule has 0 unspecified atom stereocenters. The first-order valence-electron chi connectivity index (χ1n) is 11.4. The maximum Gasteiger partial charge on any atom is 0.294 e. The highest BCUT2D eigenvalue weighted by Gasteiger charge is 2.44. The van der Waals surface area contributed by atoms with Gasteiger partial charge in [-0.25, -0.2) is 0 Å². The van der Waals surface area contributed by atoms with Gasteiger partial charge in [-0.2, -0.15) is 0 Å². The van der Waals surface area contributed by atoms with Gasteiger partial charge in [0.25, 0.3) is 17.1 Å². The molecule has 0 aromatic heterocycles. The van der Waals surface area contributed by atoms with E-state index in [1.165, 1.54) is 17.7 Å². The Morgan fingerprint density at radius 2 is 1.38 bits per heavy atom. The molecule has 5 rings (SSSR count). The summed E-state index contributed by atoms with van der Waals surface area (Å²) in [4.78, 5) is 47.5. The summed E-state index contributed by atoms with van der Waals surface area (Å²) in [5.41, 5.74) is 1.90.